The molecule has 0 aromatic rings. The van der Waals surface area contributed by atoms with Crippen molar-refractivity contribution in [3.8, 4) is 0 Å². The van der Waals surface area contributed by atoms with Crippen LogP contribution < -0.4 is 0 Å². The van der Waals surface area contributed by atoms with Crippen LogP contribution in [0.5, 0.6) is 0 Å². The van der Waals surface area contributed by atoms with Crippen LogP contribution in [-0.4, -0.2) is 5.67 Å². The van der Waals surface area contributed by atoms with Crippen molar-refractivity contribution in [2.75, 3.05) is 0 Å². The minimum atomic E-state index is -0.793. The second kappa shape index (κ2) is 1.81. The smallest absolute Gasteiger partial charge is 0.114 e. The Morgan fingerprint density at radius 2 is 1.82 bits per heavy atom. The van der Waals surface area contributed by atoms with Gasteiger partial charge in [-0.05, 0) is 38.0 Å². The summed E-state index contributed by atoms with van der Waals surface area (Å²) in [6.45, 7) is 6.26. The van der Waals surface area contributed by atoms with Gasteiger partial charge in [-0.15, -0.1) is 0 Å². The lowest BCUT2D eigenvalue weighted by Crippen LogP contribution is -2.33. The molecule has 2 fully saturated rings. The molecule has 0 aliphatic heterocycles. The first-order valence-corrected chi connectivity index (χ1v) is 4.66. The van der Waals surface area contributed by atoms with E-state index in [-0.39, 0.29) is 5.41 Å². The Morgan fingerprint density at radius 1 is 1.36 bits per heavy atom. The Bertz CT molecular complexity index is 175. The van der Waals surface area contributed by atoms with E-state index in [0.717, 1.165) is 31.1 Å². The first-order valence-electron chi connectivity index (χ1n) is 4.66. The molecular formula is C10H17F. The maximum atomic E-state index is 13.3. The van der Waals surface area contributed by atoms with Crippen LogP contribution in [-0.2, 0) is 0 Å². The van der Waals surface area contributed by atoms with Crippen LogP contribution in [0, 0.1) is 17.3 Å². The van der Waals surface area contributed by atoms with Gasteiger partial charge >= 0.3 is 0 Å². The van der Waals surface area contributed by atoms with Crippen LogP contribution in [0.1, 0.15) is 40.0 Å². The van der Waals surface area contributed by atoms with Gasteiger partial charge in [-0.3, -0.25) is 0 Å². The Hall–Kier alpha value is -0.0700. The van der Waals surface area contributed by atoms with Gasteiger partial charge in [0.15, 0.2) is 0 Å². The fourth-order valence-electron chi connectivity index (χ4n) is 2.58. The molecule has 1 heteroatoms. The van der Waals surface area contributed by atoms with E-state index >= 15 is 0 Å². The lowest BCUT2D eigenvalue weighted by atomic mass is 9.65. The van der Waals surface area contributed by atoms with Crippen molar-refractivity contribution in [2.45, 2.75) is 45.7 Å². The Balaban J connectivity index is 1.90. The molecule has 2 aliphatic rings. The van der Waals surface area contributed by atoms with Crippen molar-refractivity contribution in [1.82, 2.24) is 0 Å². The largest absolute Gasteiger partial charge is 0.244 e. The fourth-order valence-corrected chi connectivity index (χ4v) is 2.58. The third-order valence-corrected chi connectivity index (χ3v) is 3.90. The van der Waals surface area contributed by atoms with E-state index in [9.17, 15) is 4.39 Å². The Morgan fingerprint density at radius 3 is 2.09 bits per heavy atom. The maximum Gasteiger partial charge on any atom is 0.114 e. The van der Waals surface area contributed by atoms with Gasteiger partial charge < -0.3 is 0 Å². The molecule has 2 rings (SSSR count). The summed E-state index contributed by atoms with van der Waals surface area (Å²) in [5, 5.41) is 0. The molecule has 1 unspecified atom stereocenters. The summed E-state index contributed by atoms with van der Waals surface area (Å²) in [6, 6.07) is 0. The second-order valence-corrected chi connectivity index (χ2v) is 5.07. The molecule has 0 aromatic heterocycles. The van der Waals surface area contributed by atoms with Gasteiger partial charge in [0.05, 0.1) is 0 Å². The quantitative estimate of drug-likeness (QED) is 0.547. The predicted octanol–water partition coefficient (Wildman–Crippen LogP) is 3.17. The molecule has 0 radical (unpaired) electrons. The van der Waals surface area contributed by atoms with Crippen LogP contribution in [0.4, 0.5) is 4.39 Å². The van der Waals surface area contributed by atoms with Gasteiger partial charge in [-0.2, -0.15) is 0 Å². The molecular weight excluding hydrogens is 139 g/mol. The van der Waals surface area contributed by atoms with Crippen LogP contribution in [0.2, 0.25) is 0 Å². The molecule has 0 N–H and O–H groups in total. The summed E-state index contributed by atoms with van der Waals surface area (Å²) in [4.78, 5) is 0. The molecule has 0 saturated heterocycles. The van der Waals surface area contributed by atoms with E-state index in [0.29, 0.717) is 0 Å². The standard InChI is InChI=1S/C10H17F/c1-7(2)8-4-10(5-8)6-9(10,3)11/h7-8H,4-6H2,1-3H3. The highest BCUT2D eigenvalue weighted by atomic mass is 19.1. The van der Waals surface area contributed by atoms with E-state index in [4.69, 9.17) is 0 Å². The zero-order valence-electron chi connectivity index (χ0n) is 7.65. The molecule has 0 bridgehead atoms. The topological polar surface area (TPSA) is 0 Å². The van der Waals surface area contributed by atoms with Crippen LogP contribution in [0.25, 0.3) is 0 Å². The Labute approximate surface area is 68.2 Å². The molecule has 0 aromatic carbocycles. The minimum absolute atomic E-state index is 0.155. The SMILES string of the molecule is CC(C)C1CC2(C1)CC2(C)F. The number of rotatable bonds is 1. The third-order valence-electron chi connectivity index (χ3n) is 3.90. The number of hydrogen-bond acceptors (Lipinski definition) is 0. The van der Waals surface area contributed by atoms with E-state index in [1.165, 1.54) is 0 Å². The van der Waals surface area contributed by atoms with Gasteiger partial charge in [0, 0.05) is 5.41 Å². The van der Waals surface area contributed by atoms with Crippen molar-refractivity contribution in [3.05, 3.63) is 0 Å². The lowest BCUT2D eigenvalue weighted by molar-refractivity contribution is 0.0660. The molecule has 1 atom stereocenters. The van der Waals surface area contributed by atoms with E-state index < -0.39 is 5.67 Å². The number of alkyl halides is 1. The van der Waals surface area contributed by atoms with Gasteiger partial charge in [0.25, 0.3) is 0 Å². The van der Waals surface area contributed by atoms with Crippen LogP contribution in [0.15, 0.2) is 0 Å². The molecule has 2 saturated carbocycles. The molecule has 0 nitrogen and oxygen atoms in total. The first kappa shape index (κ1) is 7.57. The van der Waals surface area contributed by atoms with Crippen molar-refractivity contribution < 1.29 is 4.39 Å². The van der Waals surface area contributed by atoms with Crippen LogP contribution in [0.3, 0.4) is 0 Å². The fraction of sp³-hybridized carbons (Fsp3) is 1.00. The summed E-state index contributed by atoms with van der Waals surface area (Å²) in [7, 11) is 0. The number of halogens is 1. The maximum absolute atomic E-state index is 13.3. The number of hydrogen-bond donors (Lipinski definition) is 0. The summed E-state index contributed by atoms with van der Waals surface area (Å²) in [5.41, 5.74) is -0.639. The Kier molecular flexibility index (Phi) is 1.24. The molecule has 1 spiro atoms. The average molecular weight is 156 g/mol. The highest BCUT2D eigenvalue weighted by Gasteiger charge is 2.70. The van der Waals surface area contributed by atoms with Crippen molar-refractivity contribution in [2.24, 2.45) is 17.3 Å². The van der Waals surface area contributed by atoms with Crippen molar-refractivity contribution >= 4 is 0 Å². The highest BCUT2D eigenvalue weighted by Crippen LogP contribution is 2.72. The summed E-state index contributed by atoms with van der Waals surface area (Å²) in [5.74, 6) is 1.57. The highest BCUT2D eigenvalue weighted by molar-refractivity contribution is 5.20. The van der Waals surface area contributed by atoms with E-state index in [1.807, 2.05) is 0 Å². The van der Waals surface area contributed by atoms with Gasteiger partial charge in [0.2, 0.25) is 0 Å². The summed E-state index contributed by atoms with van der Waals surface area (Å²) >= 11 is 0. The molecule has 0 heterocycles. The van der Waals surface area contributed by atoms with Crippen molar-refractivity contribution in [3.63, 3.8) is 0 Å². The normalized spacial score (nSPS) is 54.8. The van der Waals surface area contributed by atoms with Crippen LogP contribution >= 0.6 is 0 Å². The monoisotopic (exact) mass is 156 g/mol. The van der Waals surface area contributed by atoms with E-state index in [2.05, 4.69) is 13.8 Å². The third kappa shape index (κ3) is 0.861. The van der Waals surface area contributed by atoms with Crippen molar-refractivity contribution in [1.29, 1.82) is 0 Å². The molecule has 11 heavy (non-hydrogen) atoms. The average Bonchev–Trinajstić information content (AvgIpc) is 2.29. The molecule has 0 amide bonds. The predicted molar refractivity (Wildman–Crippen MR) is 44.1 cm³/mol. The zero-order chi connectivity index (χ0) is 8.28. The lowest BCUT2D eigenvalue weighted by Gasteiger charge is -2.40. The van der Waals surface area contributed by atoms with Gasteiger partial charge in [0.1, 0.15) is 5.67 Å². The van der Waals surface area contributed by atoms with Gasteiger partial charge in [-0.25, -0.2) is 4.39 Å². The molecule has 64 valence electrons. The first-order chi connectivity index (χ1) is 4.97. The zero-order valence-corrected chi connectivity index (χ0v) is 7.65. The molecule has 2 aliphatic carbocycles. The van der Waals surface area contributed by atoms with Gasteiger partial charge in [-0.1, -0.05) is 13.8 Å². The summed E-state index contributed by atoms with van der Waals surface area (Å²) < 4.78 is 13.3. The second-order valence-electron chi connectivity index (χ2n) is 5.07. The minimum Gasteiger partial charge on any atom is -0.244 e. The van der Waals surface area contributed by atoms with E-state index in [1.54, 1.807) is 6.92 Å². The summed E-state index contributed by atoms with van der Waals surface area (Å²) in [6.07, 6.45) is 3.14.